The number of nitrogens with zero attached hydrogens (tertiary/aromatic N) is 2. The summed E-state index contributed by atoms with van der Waals surface area (Å²) in [5.74, 6) is 2.58. The van der Waals surface area contributed by atoms with Crippen molar-refractivity contribution in [3.8, 4) is 0 Å². The number of aliphatic imine (C=N–C) groups is 1. The van der Waals surface area contributed by atoms with Crippen molar-refractivity contribution in [2.24, 2.45) is 4.99 Å². The molecule has 0 fully saturated rings. The van der Waals surface area contributed by atoms with Crippen molar-refractivity contribution >= 4 is 40.9 Å². The first-order valence-electron chi connectivity index (χ1n) is 9.29. The van der Waals surface area contributed by atoms with Crippen molar-refractivity contribution < 1.29 is 8.83 Å². The first kappa shape index (κ1) is 22.3. The maximum Gasteiger partial charge on any atom is 0.191 e. The average molecular weight is 496 g/mol. The first-order chi connectivity index (χ1) is 13.1. The highest BCUT2D eigenvalue weighted by atomic mass is 127. The fraction of sp³-hybridized carbons (Fsp3) is 0.381. The highest BCUT2D eigenvalue weighted by Gasteiger charge is 2.17. The van der Waals surface area contributed by atoms with Gasteiger partial charge in [-0.05, 0) is 46.1 Å². The van der Waals surface area contributed by atoms with Crippen LogP contribution >= 0.6 is 24.0 Å². The van der Waals surface area contributed by atoms with Gasteiger partial charge in [-0.15, -0.1) is 24.0 Å². The van der Waals surface area contributed by atoms with Gasteiger partial charge in [-0.2, -0.15) is 0 Å². The number of rotatable bonds is 7. The number of hydrogen-bond acceptors (Lipinski definition) is 4. The molecule has 0 bridgehead atoms. The number of halogens is 1. The molecule has 3 aromatic rings. The number of likely N-dealkylation sites (N-methyl/N-ethyl adjacent to an activating group) is 1. The van der Waals surface area contributed by atoms with Crippen LogP contribution in [0, 0.1) is 6.92 Å². The molecule has 2 aromatic heterocycles. The van der Waals surface area contributed by atoms with Gasteiger partial charge in [0.2, 0.25) is 0 Å². The minimum Gasteiger partial charge on any atom is -0.468 e. The van der Waals surface area contributed by atoms with Crippen molar-refractivity contribution in [1.82, 2.24) is 15.5 Å². The van der Waals surface area contributed by atoms with E-state index >= 15 is 0 Å². The van der Waals surface area contributed by atoms with Crippen LogP contribution < -0.4 is 10.6 Å². The van der Waals surface area contributed by atoms with Gasteiger partial charge in [-0.25, -0.2) is 4.99 Å². The van der Waals surface area contributed by atoms with Crippen LogP contribution in [-0.2, 0) is 6.54 Å². The third kappa shape index (κ3) is 5.29. The molecular weight excluding hydrogens is 467 g/mol. The molecule has 0 radical (unpaired) electrons. The molecule has 1 aromatic carbocycles. The van der Waals surface area contributed by atoms with E-state index in [1.54, 1.807) is 6.26 Å². The molecule has 7 heteroatoms. The molecule has 3 rings (SSSR count). The molecule has 2 heterocycles. The Labute approximate surface area is 183 Å². The zero-order valence-electron chi connectivity index (χ0n) is 16.9. The average Bonchev–Trinajstić information content (AvgIpc) is 3.28. The topological polar surface area (TPSA) is 65.9 Å². The van der Waals surface area contributed by atoms with Crippen LogP contribution in [-0.4, -0.2) is 38.0 Å². The van der Waals surface area contributed by atoms with Gasteiger partial charge in [0.15, 0.2) is 5.96 Å². The fourth-order valence-electron chi connectivity index (χ4n) is 3.08. The minimum atomic E-state index is 0. The molecule has 0 spiro atoms. The normalized spacial score (nSPS) is 12.8. The van der Waals surface area contributed by atoms with Crippen LogP contribution in [0.25, 0.3) is 11.0 Å². The Hall–Kier alpha value is -2.00. The second kappa shape index (κ2) is 10.5. The molecule has 0 saturated carbocycles. The van der Waals surface area contributed by atoms with Crippen molar-refractivity contribution in [3.63, 3.8) is 0 Å². The van der Waals surface area contributed by atoms with E-state index in [1.807, 2.05) is 44.4 Å². The largest absolute Gasteiger partial charge is 0.468 e. The van der Waals surface area contributed by atoms with E-state index in [0.717, 1.165) is 40.6 Å². The summed E-state index contributed by atoms with van der Waals surface area (Å²) in [4.78, 5) is 6.83. The molecule has 2 N–H and O–H groups in total. The second-order valence-electron chi connectivity index (χ2n) is 6.72. The lowest BCUT2D eigenvalue weighted by Crippen LogP contribution is -2.41. The number of benzene rings is 1. The highest BCUT2D eigenvalue weighted by molar-refractivity contribution is 14.0. The Morgan fingerprint density at radius 3 is 2.57 bits per heavy atom. The molecule has 0 aliphatic carbocycles. The van der Waals surface area contributed by atoms with Gasteiger partial charge >= 0.3 is 0 Å². The third-order valence-corrected chi connectivity index (χ3v) is 4.63. The van der Waals surface area contributed by atoms with E-state index in [1.165, 1.54) is 0 Å². The molecule has 6 nitrogen and oxygen atoms in total. The number of fused-ring (bicyclic) bond motifs is 1. The number of guanidine groups is 1. The summed E-state index contributed by atoms with van der Waals surface area (Å²) < 4.78 is 11.5. The summed E-state index contributed by atoms with van der Waals surface area (Å²) in [6.07, 6.45) is 1.70. The quantitative estimate of drug-likeness (QED) is 0.290. The Bertz CT molecular complexity index is 887. The number of para-hydroxylation sites is 1. The monoisotopic (exact) mass is 496 g/mol. The summed E-state index contributed by atoms with van der Waals surface area (Å²) in [7, 11) is 4.08. The van der Waals surface area contributed by atoms with Crippen molar-refractivity contribution in [3.05, 3.63) is 59.7 Å². The van der Waals surface area contributed by atoms with E-state index in [0.29, 0.717) is 13.1 Å². The highest BCUT2D eigenvalue weighted by Crippen LogP contribution is 2.25. The van der Waals surface area contributed by atoms with E-state index in [2.05, 4.69) is 35.4 Å². The van der Waals surface area contributed by atoms with Gasteiger partial charge in [0, 0.05) is 24.0 Å². The summed E-state index contributed by atoms with van der Waals surface area (Å²) in [5, 5.41) is 7.85. The summed E-state index contributed by atoms with van der Waals surface area (Å²) in [6, 6.07) is 12.1. The minimum absolute atomic E-state index is 0. The SMILES string of the molecule is CCNC(=NCc1oc2ccccc2c1C)NCC(c1ccco1)N(C)C.I. The number of furan rings is 2. The molecular formula is C21H29IN4O2. The summed E-state index contributed by atoms with van der Waals surface area (Å²) in [5.41, 5.74) is 2.05. The Morgan fingerprint density at radius 2 is 1.93 bits per heavy atom. The first-order valence-corrected chi connectivity index (χ1v) is 9.29. The number of hydrogen-bond donors (Lipinski definition) is 2. The zero-order chi connectivity index (χ0) is 19.2. The van der Waals surface area contributed by atoms with Gasteiger partial charge in [-0.1, -0.05) is 18.2 Å². The van der Waals surface area contributed by atoms with Crippen LogP contribution in [0.3, 0.4) is 0 Å². The Morgan fingerprint density at radius 1 is 1.14 bits per heavy atom. The number of aryl methyl sites for hydroxylation is 1. The Balaban J connectivity index is 0.00000280. The maximum absolute atomic E-state index is 5.96. The van der Waals surface area contributed by atoms with Crippen molar-refractivity contribution in [2.45, 2.75) is 26.4 Å². The van der Waals surface area contributed by atoms with Gasteiger partial charge in [-0.3, -0.25) is 4.90 Å². The summed E-state index contributed by atoms with van der Waals surface area (Å²) >= 11 is 0. The van der Waals surface area contributed by atoms with Gasteiger partial charge in [0.05, 0.1) is 12.3 Å². The molecule has 0 aliphatic rings. The maximum atomic E-state index is 5.96. The molecule has 0 aliphatic heterocycles. The van der Waals surface area contributed by atoms with Crippen LogP contribution in [0.1, 0.15) is 30.0 Å². The summed E-state index contributed by atoms with van der Waals surface area (Å²) in [6.45, 7) is 6.10. The molecule has 1 atom stereocenters. The zero-order valence-corrected chi connectivity index (χ0v) is 19.2. The van der Waals surface area contributed by atoms with E-state index in [9.17, 15) is 0 Å². The standard InChI is InChI=1S/C21H28N4O2.HI/c1-5-22-21(23-13-17(25(3)4)19-11-8-12-26-19)24-14-20-15(2)16-9-6-7-10-18(16)27-20;/h6-12,17H,5,13-14H2,1-4H3,(H2,22,23,24);1H. The molecule has 0 saturated heterocycles. The van der Waals surface area contributed by atoms with Crippen LogP contribution in [0.5, 0.6) is 0 Å². The predicted molar refractivity (Wildman–Crippen MR) is 124 cm³/mol. The van der Waals surface area contributed by atoms with Crippen LogP contribution in [0.4, 0.5) is 0 Å². The Kier molecular flexibility index (Phi) is 8.37. The molecule has 152 valence electrons. The second-order valence-corrected chi connectivity index (χ2v) is 6.72. The third-order valence-electron chi connectivity index (χ3n) is 4.63. The molecule has 28 heavy (non-hydrogen) atoms. The van der Waals surface area contributed by atoms with Gasteiger partial charge < -0.3 is 19.5 Å². The van der Waals surface area contributed by atoms with Gasteiger partial charge in [0.1, 0.15) is 23.6 Å². The van der Waals surface area contributed by atoms with E-state index in [4.69, 9.17) is 13.8 Å². The van der Waals surface area contributed by atoms with Crippen LogP contribution in [0.15, 0.2) is 56.5 Å². The predicted octanol–water partition coefficient (Wildman–Crippen LogP) is 4.31. The number of nitrogens with one attached hydrogen (secondary N) is 2. The smallest absolute Gasteiger partial charge is 0.191 e. The van der Waals surface area contributed by atoms with Gasteiger partial charge in [0.25, 0.3) is 0 Å². The lowest BCUT2D eigenvalue weighted by Gasteiger charge is -2.23. The molecule has 0 amide bonds. The van der Waals surface area contributed by atoms with Crippen LogP contribution in [0.2, 0.25) is 0 Å². The van der Waals surface area contributed by atoms with Crippen molar-refractivity contribution in [1.29, 1.82) is 0 Å². The lowest BCUT2D eigenvalue weighted by molar-refractivity contribution is 0.258. The molecule has 1 unspecified atom stereocenters. The fourth-order valence-corrected chi connectivity index (χ4v) is 3.08. The lowest BCUT2D eigenvalue weighted by atomic mass is 10.1. The van der Waals surface area contributed by atoms with E-state index in [-0.39, 0.29) is 30.0 Å². The van der Waals surface area contributed by atoms with E-state index < -0.39 is 0 Å². The van der Waals surface area contributed by atoms with Crippen molar-refractivity contribution in [2.75, 3.05) is 27.2 Å².